The van der Waals surface area contributed by atoms with Gasteiger partial charge in [-0.2, -0.15) is 10.4 Å². The Morgan fingerprint density at radius 1 is 1.02 bits per heavy atom. The SMILES string of the molecule is Cc1cc2c(N3CCN(C)c4cc(-c5cnn(C)c5)c(C#N)cc43)cc(OCC3CCCN(C)C3)cc2n(C)c1=O. The van der Waals surface area contributed by atoms with Crippen LogP contribution in [0.2, 0.25) is 0 Å². The summed E-state index contributed by atoms with van der Waals surface area (Å²) in [7, 11) is 7.96. The predicted molar refractivity (Wildman–Crippen MR) is 163 cm³/mol. The molecule has 0 spiro atoms. The number of ether oxygens (including phenoxy) is 1. The number of fused-ring (bicyclic) bond motifs is 2. The second kappa shape index (κ2) is 10.6. The zero-order valence-corrected chi connectivity index (χ0v) is 24.5. The van der Waals surface area contributed by atoms with Crippen molar-refractivity contribution < 1.29 is 4.74 Å². The maximum Gasteiger partial charge on any atom is 0.253 e. The first-order valence-corrected chi connectivity index (χ1v) is 14.2. The number of aromatic nitrogens is 3. The Morgan fingerprint density at radius 3 is 2.59 bits per heavy atom. The molecule has 0 amide bonds. The summed E-state index contributed by atoms with van der Waals surface area (Å²) in [6.45, 7) is 6.20. The molecule has 2 aromatic carbocycles. The van der Waals surface area contributed by atoms with Crippen LogP contribution in [-0.4, -0.2) is 66.1 Å². The highest BCUT2D eigenvalue weighted by Gasteiger charge is 2.27. The molecule has 0 aliphatic carbocycles. The fourth-order valence-electron chi connectivity index (χ4n) is 6.34. The number of pyridine rings is 1. The summed E-state index contributed by atoms with van der Waals surface area (Å²) < 4.78 is 9.92. The lowest BCUT2D eigenvalue weighted by atomic mass is 9.98. The van der Waals surface area contributed by atoms with Crippen LogP contribution in [0.3, 0.4) is 0 Å². The van der Waals surface area contributed by atoms with Crippen molar-refractivity contribution in [1.82, 2.24) is 19.2 Å². The molecule has 0 N–H and O–H groups in total. The van der Waals surface area contributed by atoms with E-state index in [1.165, 1.54) is 6.42 Å². The van der Waals surface area contributed by atoms with E-state index in [9.17, 15) is 10.1 Å². The minimum atomic E-state index is -0.0128. The van der Waals surface area contributed by atoms with E-state index in [0.717, 1.165) is 77.4 Å². The number of nitriles is 1. The zero-order valence-electron chi connectivity index (χ0n) is 24.5. The quantitative estimate of drug-likeness (QED) is 0.363. The molecule has 2 aliphatic rings. The fraction of sp³-hybridized carbons (Fsp3) is 0.406. The van der Waals surface area contributed by atoms with Gasteiger partial charge in [-0.25, -0.2) is 0 Å². The van der Waals surface area contributed by atoms with Crippen molar-refractivity contribution in [3.8, 4) is 22.9 Å². The molecular weight excluding hydrogens is 514 g/mol. The van der Waals surface area contributed by atoms with E-state index in [-0.39, 0.29) is 5.56 Å². The van der Waals surface area contributed by atoms with Crippen molar-refractivity contribution in [3.05, 3.63) is 64.2 Å². The highest BCUT2D eigenvalue weighted by molar-refractivity contribution is 5.98. The number of rotatable bonds is 5. The van der Waals surface area contributed by atoms with Gasteiger partial charge in [0.25, 0.3) is 5.56 Å². The average Bonchev–Trinajstić information content (AvgIpc) is 3.40. The van der Waals surface area contributed by atoms with Gasteiger partial charge in [0.2, 0.25) is 0 Å². The number of likely N-dealkylation sites (N-methyl/N-ethyl adjacent to an activating group) is 1. The Labute approximate surface area is 240 Å². The van der Waals surface area contributed by atoms with Gasteiger partial charge >= 0.3 is 0 Å². The molecule has 0 saturated carbocycles. The van der Waals surface area contributed by atoms with Crippen molar-refractivity contribution in [2.24, 2.45) is 20.0 Å². The van der Waals surface area contributed by atoms with Gasteiger partial charge in [0, 0.05) is 87.1 Å². The summed E-state index contributed by atoms with van der Waals surface area (Å²) in [4.78, 5) is 19.8. The summed E-state index contributed by atoms with van der Waals surface area (Å²) in [6, 6.07) is 12.6. The van der Waals surface area contributed by atoms with Gasteiger partial charge in [0.1, 0.15) is 5.75 Å². The highest BCUT2D eigenvalue weighted by Crippen LogP contribution is 2.44. The van der Waals surface area contributed by atoms with Crippen molar-refractivity contribution in [2.45, 2.75) is 19.8 Å². The first-order valence-electron chi connectivity index (χ1n) is 14.2. The first kappa shape index (κ1) is 26.9. The van der Waals surface area contributed by atoms with Crippen LogP contribution >= 0.6 is 0 Å². The van der Waals surface area contributed by atoms with E-state index in [4.69, 9.17) is 4.74 Å². The number of anilines is 3. The molecule has 0 bridgehead atoms. The minimum Gasteiger partial charge on any atom is -0.493 e. The topological polar surface area (TPSA) is 82.6 Å². The molecule has 0 radical (unpaired) electrons. The second-order valence-electron chi connectivity index (χ2n) is 11.6. The third-order valence-corrected chi connectivity index (χ3v) is 8.58. The monoisotopic (exact) mass is 551 g/mol. The third kappa shape index (κ3) is 4.93. The zero-order chi connectivity index (χ0) is 28.8. The van der Waals surface area contributed by atoms with E-state index in [1.807, 2.05) is 45.4 Å². The molecule has 1 fully saturated rings. The number of nitrogens with zero attached hydrogens (tertiary/aromatic N) is 7. The van der Waals surface area contributed by atoms with Gasteiger partial charge in [-0.05, 0) is 51.6 Å². The molecule has 1 unspecified atom stereocenters. The number of benzene rings is 2. The Hall–Kier alpha value is -4.29. The largest absolute Gasteiger partial charge is 0.493 e. The van der Waals surface area contributed by atoms with Crippen LogP contribution in [0.4, 0.5) is 17.1 Å². The van der Waals surface area contributed by atoms with Gasteiger partial charge in [-0.15, -0.1) is 0 Å². The summed E-state index contributed by atoms with van der Waals surface area (Å²) in [5.41, 5.74) is 6.87. The molecule has 9 heteroatoms. The lowest BCUT2D eigenvalue weighted by Crippen LogP contribution is -2.37. The predicted octanol–water partition coefficient (Wildman–Crippen LogP) is 4.43. The number of piperidine rings is 1. The van der Waals surface area contributed by atoms with Crippen LogP contribution in [0.1, 0.15) is 24.0 Å². The molecule has 9 nitrogen and oxygen atoms in total. The lowest BCUT2D eigenvalue weighted by Gasteiger charge is -2.38. The van der Waals surface area contributed by atoms with Gasteiger partial charge in [0.15, 0.2) is 0 Å². The van der Waals surface area contributed by atoms with Gasteiger partial charge in [-0.1, -0.05) is 0 Å². The number of hydrogen-bond acceptors (Lipinski definition) is 7. The molecule has 6 rings (SSSR count). The molecule has 212 valence electrons. The first-order chi connectivity index (χ1) is 19.7. The van der Waals surface area contributed by atoms with Crippen molar-refractivity contribution in [1.29, 1.82) is 5.26 Å². The molecule has 4 aromatic rings. The smallest absolute Gasteiger partial charge is 0.253 e. The van der Waals surface area contributed by atoms with Crippen molar-refractivity contribution >= 4 is 28.0 Å². The lowest BCUT2D eigenvalue weighted by molar-refractivity contribution is 0.150. The number of aryl methyl sites for hydroxylation is 3. The van der Waals surface area contributed by atoms with E-state index in [2.05, 4.69) is 52.1 Å². The Morgan fingerprint density at radius 2 is 1.85 bits per heavy atom. The third-order valence-electron chi connectivity index (χ3n) is 8.58. The van der Waals surface area contributed by atoms with Crippen LogP contribution in [0.25, 0.3) is 22.0 Å². The van der Waals surface area contributed by atoms with Crippen LogP contribution in [0.5, 0.6) is 5.75 Å². The molecule has 4 heterocycles. The Balaban J connectivity index is 1.48. The van der Waals surface area contributed by atoms with E-state index in [1.54, 1.807) is 15.4 Å². The standard InChI is InChI=1S/C32H37N7O2/c1-21-11-27-28(38(5)32(21)40)13-25(41-20-22-7-6-8-35(2)18-22)14-29(27)39-10-9-36(3)30-15-26(23(16-33)12-31(30)39)24-17-34-37(4)19-24/h11-15,17,19,22H,6-10,18,20H2,1-5H3. The van der Waals surface area contributed by atoms with Gasteiger partial charge in [0.05, 0.1) is 47.0 Å². The van der Waals surface area contributed by atoms with Crippen LogP contribution in [0, 0.1) is 24.2 Å². The minimum absolute atomic E-state index is 0.0128. The van der Waals surface area contributed by atoms with E-state index >= 15 is 0 Å². The van der Waals surface area contributed by atoms with Crippen LogP contribution < -0.4 is 20.1 Å². The Bertz CT molecular complexity index is 1730. The maximum atomic E-state index is 13.0. The highest BCUT2D eigenvalue weighted by atomic mass is 16.5. The normalized spacial score (nSPS) is 17.5. The molecular formula is C32H37N7O2. The molecule has 2 aromatic heterocycles. The summed E-state index contributed by atoms with van der Waals surface area (Å²) in [5.74, 6) is 1.23. The maximum absolute atomic E-state index is 13.0. The average molecular weight is 552 g/mol. The molecule has 1 saturated heterocycles. The van der Waals surface area contributed by atoms with E-state index in [0.29, 0.717) is 23.7 Å². The van der Waals surface area contributed by atoms with Gasteiger partial charge < -0.3 is 24.0 Å². The summed E-state index contributed by atoms with van der Waals surface area (Å²) in [6.07, 6.45) is 6.07. The van der Waals surface area contributed by atoms with Crippen LogP contribution in [0.15, 0.2) is 47.5 Å². The molecule has 2 aliphatic heterocycles. The number of hydrogen-bond donors (Lipinski definition) is 0. The fourth-order valence-corrected chi connectivity index (χ4v) is 6.34. The van der Waals surface area contributed by atoms with E-state index < -0.39 is 0 Å². The van der Waals surface area contributed by atoms with Crippen molar-refractivity contribution in [2.75, 3.05) is 56.7 Å². The number of likely N-dealkylation sites (tertiary alicyclic amines) is 1. The van der Waals surface area contributed by atoms with Crippen molar-refractivity contribution in [3.63, 3.8) is 0 Å². The summed E-state index contributed by atoms with van der Waals surface area (Å²) >= 11 is 0. The van der Waals surface area contributed by atoms with Gasteiger partial charge in [-0.3, -0.25) is 9.48 Å². The Kier molecular flexibility index (Phi) is 6.96. The molecule has 1 atom stereocenters. The van der Waals surface area contributed by atoms with Crippen LogP contribution in [-0.2, 0) is 14.1 Å². The summed E-state index contributed by atoms with van der Waals surface area (Å²) in [5, 5.41) is 15.5. The molecule has 41 heavy (non-hydrogen) atoms. The second-order valence-corrected chi connectivity index (χ2v) is 11.6.